The average Bonchev–Trinajstić information content (AvgIpc) is 2.86. The average molecular weight is 262 g/mol. The van der Waals surface area contributed by atoms with Gasteiger partial charge in [-0.25, -0.2) is 4.39 Å². The molecule has 2 rings (SSSR count). The minimum atomic E-state index is -1.05. The Labute approximate surface area is 112 Å². The lowest BCUT2D eigenvalue weighted by Crippen LogP contribution is -2.27. The monoisotopic (exact) mass is 262 g/mol. The largest absolute Gasteiger partial charge is 0.385 e. The number of benzene rings is 1. The summed E-state index contributed by atoms with van der Waals surface area (Å²) in [6.07, 6.45) is 4.63. The highest BCUT2D eigenvalue weighted by Gasteiger charge is 2.28. The van der Waals surface area contributed by atoms with Crippen molar-refractivity contribution in [3.63, 3.8) is 0 Å². The molecule has 0 radical (unpaired) electrons. The molecule has 0 saturated carbocycles. The molecule has 1 unspecified atom stereocenters. The molecule has 0 saturated heterocycles. The van der Waals surface area contributed by atoms with Crippen molar-refractivity contribution < 1.29 is 9.50 Å². The van der Waals surface area contributed by atoms with Gasteiger partial charge in [-0.1, -0.05) is 19.1 Å². The van der Waals surface area contributed by atoms with Crippen molar-refractivity contribution in [2.75, 3.05) is 0 Å². The molecular weight excluding hydrogens is 243 g/mol. The first-order valence-corrected chi connectivity index (χ1v) is 6.57. The summed E-state index contributed by atoms with van der Waals surface area (Å²) < 4.78 is 15.1. The van der Waals surface area contributed by atoms with Crippen molar-refractivity contribution >= 4 is 0 Å². The van der Waals surface area contributed by atoms with Gasteiger partial charge in [0.25, 0.3) is 0 Å². The van der Waals surface area contributed by atoms with Crippen LogP contribution in [0.4, 0.5) is 4.39 Å². The van der Waals surface area contributed by atoms with E-state index in [1.807, 2.05) is 24.7 Å². The van der Waals surface area contributed by atoms with E-state index in [4.69, 9.17) is 0 Å². The fourth-order valence-corrected chi connectivity index (χ4v) is 2.22. The first-order chi connectivity index (χ1) is 9.07. The van der Waals surface area contributed by atoms with Crippen molar-refractivity contribution in [2.45, 2.75) is 38.8 Å². The SMILES string of the molecule is CCn1cc(CC(O)(CC)c2cccc(F)c2)cn1. The van der Waals surface area contributed by atoms with Crippen LogP contribution in [0.3, 0.4) is 0 Å². The molecule has 0 aliphatic heterocycles. The van der Waals surface area contributed by atoms with Crippen molar-refractivity contribution in [3.05, 3.63) is 53.6 Å². The molecular formula is C15H19FN2O. The maximum atomic E-state index is 13.3. The summed E-state index contributed by atoms with van der Waals surface area (Å²) in [4.78, 5) is 0. The Morgan fingerprint density at radius 3 is 2.74 bits per heavy atom. The lowest BCUT2D eigenvalue weighted by Gasteiger charge is -2.27. The van der Waals surface area contributed by atoms with Crippen molar-refractivity contribution in [2.24, 2.45) is 0 Å². The number of rotatable bonds is 5. The molecule has 1 aromatic heterocycles. The molecule has 3 nitrogen and oxygen atoms in total. The Hall–Kier alpha value is -1.68. The van der Waals surface area contributed by atoms with Gasteiger partial charge in [0.15, 0.2) is 0 Å². The first-order valence-electron chi connectivity index (χ1n) is 6.57. The van der Waals surface area contributed by atoms with Gasteiger partial charge < -0.3 is 5.11 Å². The maximum Gasteiger partial charge on any atom is 0.123 e. The quantitative estimate of drug-likeness (QED) is 0.899. The third-order valence-electron chi connectivity index (χ3n) is 3.45. The summed E-state index contributed by atoms with van der Waals surface area (Å²) in [5.74, 6) is -0.325. The highest BCUT2D eigenvalue weighted by molar-refractivity contribution is 5.26. The Kier molecular flexibility index (Phi) is 4.00. The van der Waals surface area contributed by atoms with E-state index in [2.05, 4.69) is 5.10 Å². The van der Waals surface area contributed by atoms with Gasteiger partial charge in [0, 0.05) is 19.2 Å². The standard InChI is InChI=1S/C15H19FN2O/c1-3-15(19,13-6-5-7-14(16)8-13)9-12-10-17-18(4-2)11-12/h5-8,10-11,19H,3-4,9H2,1-2H3. The van der Waals surface area contributed by atoms with E-state index in [1.165, 1.54) is 12.1 Å². The number of nitrogens with zero attached hydrogens (tertiary/aromatic N) is 2. The zero-order valence-electron chi connectivity index (χ0n) is 11.3. The molecule has 19 heavy (non-hydrogen) atoms. The van der Waals surface area contributed by atoms with Crippen molar-refractivity contribution in [1.29, 1.82) is 0 Å². The molecule has 2 aromatic rings. The second kappa shape index (κ2) is 5.53. The summed E-state index contributed by atoms with van der Waals surface area (Å²) >= 11 is 0. The topological polar surface area (TPSA) is 38.0 Å². The molecule has 0 amide bonds. The summed E-state index contributed by atoms with van der Waals surface area (Å²) in [5.41, 5.74) is 0.513. The minimum Gasteiger partial charge on any atom is -0.385 e. The Balaban J connectivity index is 2.27. The third kappa shape index (κ3) is 3.01. The smallest absolute Gasteiger partial charge is 0.123 e. The van der Waals surface area contributed by atoms with Crippen LogP contribution >= 0.6 is 0 Å². The Morgan fingerprint density at radius 1 is 1.37 bits per heavy atom. The van der Waals surface area contributed by atoms with Crippen LogP contribution in [0.15, 0.2) is 36.7 Å². The van der Waals surface area contributed by atoms with E-state index < -0.39 is 5.60 Å². The summed E-state index contributed by atoms with van der Waals surface area (Å²) in [6, 6.07) is 6.17. The van der Waals surface area contributed by atoms with Gasteiger partial charge in [0.05, 0.1) is 11.8 Å². The first kappa shape index (κ1) is 13.7. The predicted octanol–water partition coefficient (Wildman–Crippen LogP) is 2.88. The molecule has 1 heterocycles. The van der Waals surface area contributed by atoms with Gasteiger partial charge in [-0.15, -0.1) is 0 Å². The van der Waals surface area contributed by atoms with E-state index in [1.54, 1.807) is 18.3 Å². The third-order valence-corrected chi connectivity index (χ3v) is 3.45. The number of hydrogen-bond acceptors (Lipinski definition) is 2. The number of aromatic nitrogens is 2. The van der Waals surface area contributed by atoms with Crippen LogP contribution in [0.1, 0.15) is 31.4 Å². The molecule has 102 valence electrons. The fourth-order valence-electron chi connectivity index (χ4n) is 2.22. The predicted molar refractivity (Wildman–Crippen MR) is 72.2 cm³/mol. The second-order valence-corrected chi connectivity index (χ2v) is 4.78. The van der Waals surface area contributed by atoms with Crippen LogP contribution in [-0.4, -0.2) is 14.9 Å². The molecule has 0 aliphatic carbocycles. The van der Waals surface area contributed by atoms with Crippen LogP contribution in [-0.2, 0) is 18.6 Å². The molecule has 0 spiro atoms. The normalized spacial score (nSPS) is 14.3. The van der Waals surface area contributed by atoms with Crippen LogP contribution in [0.2, 0.25) is 0 Å². The van der Waals surface area contributed by atoms with Gasteiger partial charge in [0.2, 0.25) is 0 Å². The van der Waals surface area contributed by atoms with Crippen LogP contribution in [0, 0.1) is 5.82 Å². The van der Waals surface area contributed by atoms with Gasteiger partial charge in [-0.05, 0) is 36.6 Å². The molecule has 1 N–H and O–H groups in total. The van der Waals surface area contributed by atoms with Crippen molar-refractivity contribution in [3.8, 4) is 0 Å². The highest BCUT2D eigenvalue weighted by Crippen LogP contribution is 2.29. The summed E-state index contributed by atoms with van der Waals surface area (Å²) in [7, 11) is 0. The second-order valence-electron chi connectivity index (χ2n) is 4.78. The Bertz CT molecular complexity index is 553. The minimum absolute atomic E-state index is 0.325. The molecule has 0 bridgehead atoms. The number of aryl methyl sites for hydroxylation is 1. The van der Waals surface area contributed by atoms with E-state index in [9.17, 15) is 9.50 Å². The van der Waals surface area contributed by atoms with E-state index >= 15 is 0 Å². The zero-order valence-corrected chi connectivity index (χ0v) is 11.3. The molecule has 0 aliphatic rings. The fraction of sp³-hybridized carbons (Fsp3) is 0.400. The zero-order chi connectivity index (χ0) is 13.9. The van der Waals surface area contributed by atoms with Crippen LogP contribution in [0.5, 0.6) is 0 Å². The maximum absolute atomic E-state index is 13.3. The molecule has 0 fully saturated rings. The van der Waals surface area contributed by atoms with Crippen molar-refractivity contribution in [1.82, 2.24) is 9.78 Å². The van der Waals surface area contributed by atoms with Gasteiger partial charge in [-0.3, -0.25) is 4.68 Å². The summed E-state index contributed by atoms with van der Waals surface area (Å²) in [6.45, 7) is 4.70. The van der Waals surface area contributed by atoms with Crippen LogP contribution in [0.25, 0.3) is 0 Å². The van der Waals surface area contributed by atoms with Gasteiger partial charge in [0.1, 0.15) is 5.82 Å². The molecule has 4 heteroatoms. The van der Waals surface area contributed by atoms with Crippen LogP contribution < -0.4 is 0 Å². The highest BCUT2D eigenvalue weighted by atomic mass is 19.1. The number of aliphatic hydroxyl groups is 1. The molecule has 1 atom stereocenters. The van der Waals surface area contributed by atoms with Gasteiger partial charge in [-0.2, -0.15) is 5.10 Å². The van der Waals surface area contributed by atoms with E-state index in [0.717, 1.165) is 12.1 Å². The lowest BCUT2D eigenvalue weighted by atomic mass is 9.86. The Morgan fingerprint density at radius 2 is 2.16 bits per heavy atom. The number of halogens is 1. The van der Waals surface area contributed by atoms with E-state index in [-0.39, 0.29) is 5.82 Å². The summed E-state index contributed by atoms with van der Waals surface area (Å²) in [5, 5.41) is 14.9. The van der Waals surface area contributed by atoms with E-state index in [0.29, 0.717) is 18.4 Å². The number of hydrogen-bond donors (Lipinski definition) is 1. The molecule has 1 aromatic carbocycles. The van der Waals surface area contributed by atoms with Gasteiger partial charge >= 0.3 is 0 Å². The lowest BCUT2D eigenvalue weighted by molar-refractivity contribution is 0.0324.